The summed E-state index contributed by atoms with van der Waals surface area (Å²) in [6.07, 6.45) is 0.937. The van der Waals surface area contributed by atoms with Crippen molar-refractivity contribution < 1.29 is 19.4 Å². The van der Waals surface area contributed by atoms with Gasteiger partial charge in [-0.2, -0.15) is 0 Å². The average Bonchev–Trinajstić information content (AvgIpc) is 2.14. The van der Waals surface area contributed by atoms with E-state index in [0.717, 1.165) is 6.08 Å². The van der Waals surface area contributed by atoms with Crippen LogP contribution in [0.15, 0.2) is 24.2 Å². The van der Waals surface area contributed by atoms with Crippen LogP contribution in [0.2, 0.25) is 0 Å². The maximum Gasteiger partial charge on any atom is 0.294 e. The van der Waals surface area contributed by atoms with E-state index in [2.05, 4.69) is 11.9 Å². The summed E-state index contributed by atoms with van der Waals surface area (Å²) in [5, 5.41) is 11.8. The number of aliphatic hydroxyl groups is 1. The molecule has 0 saturated carbocycles. The van der Waals surface area contributed by atoms with Crippen molar-refractivity contribution in [3.8, 4) is 0 Å². The van der Waals surface area contributed by atoms with Crippen LogP contribution in [0.5, 0.6) is 0 Å². The van der Waals surface area contributed by atoms with E-state index in [9.17, 15) is 14.7 Å². The van der Waals surface area contributed by atoms with Crippen molar-refractivity contribution in [1.29, 1.82) is 0 Å². The van der Waals surface area contributed by atoms with Gasteiger partial charge >= 0.3 is 0 Å². The number of hydrogen-bond donors (Lipinski definition) is 2. The minimum atomic E-state index is -0.716. The lowest BCUT2D eigenvalue weighted by Crippen LogP contribution is -2.28. The molecular formula is C11H17NO4. The number of carbonyl (C=O) groups excluding carboxylic acids is 2. The molecule has 0 aromatic heterocycles. The van der Waals surface area contributed by atoms with E-state index in [4.69, 9.17) is 4.74 Å². The Labute approximate surface area is 94.8 Å². The number of hydrogen-bond acceptors (Lipinski definition) is 4. The van der Waals surface area contributed by atoms with Gasteiger partial charge in [0.1, 0.15) is 5.60 Å². The second kappa shape index (κ2) is 5.34. The summed E-state index contributed by atoms with van der Waals surface area (Å²) in [5.74, 6) is -2.11. The topological polar surface area (TPSA) is 75.6 Å². The Morgan fingerprint density at radius 3 is 2.19 bits per heavy atom. The van der Waals surface area contributed by atoms with Gasteiger partial charge in [0.15, 0.2) is 11.4 Å². The number of ketones is 1. The Kier molecular flexibility index (Phi) is 4.75. The summed E-state index contributed by atoms with van der Waals surface area (Å²) < 4.78 is 5.05. The summed E-state index contributed by atoms with van der Waals surface area (Å²) in [5.41, 5.74) is -1.16. The molecule has 0 aliphatic heterocycles. The van der Waals surface area contributed by atoms with Gasteiger partial charge in [-0.05, 0) is 26.8 Å². The predicted octanol–water partition coefficient (Wildman–Crippen LogP) is 1.07. The van der Waals surface area contributed by atoms with Crippen LogP contribution in [0.25, 0.3) is 0 Å². The smallest absolute Gasteiger partial charge is 0.294 e. The fraction of sp³-hybridized carbons (Fsp3) is 0.455. The quantitative estimate of drug-likeness (QED) is 0.326. The zero-order valence-corrected chi connectivity index (χ0v) is 9.96. The van der Waals surface area contributed by atoms with Crippen LogP contribution >= 0.6 is 0 Å². The third-order valence-electron chi connectivity index (χ3n) is 1.50. The van der Waals surface area contributed by atoms with Gasteiger partial charge in [-0.1, -0.05) is 6.58 Å². The molecule has 16 heavy (non-hydrogen) atoms. The van der Waals surface area contributed by atoms with E-state index >= 15 is 0 Å². The van der Waals surface area contributed by atoms with Crippen molar-refractivity contribution in [2.75, 3.05) is 7.05 Å². The highest BCUT2D eigenvalue weighted by atomic mass is 16.6. The maximum atomic E-state index is 11.4. The minimum absolute atomic E-state index is 0.451. The van der Waals surface area contributed by atoms with E-state index in [1.54, 1.807) is 20.8 Å². The maximum absolute atomic E-state index is 11.4. The van der Waals surface area contributed by atoms with Crippen molar-refractivity contribution in [2.24, 2.45) is 0 Å². The number of allylic oxidation sites excluding steroid dienone is 1. The van der Waals surface area contributed by atoms with Gasteiger partial charge < -0.3 is 15.2 Å². The summed E-state index contributed by atoms with van der Waals surface area (Å²) in [6, 6.07) is 0. The number of amides is 1. The molecule has 0 aliphatic carbocycles. The second-order valence-corrected chi connectivity index (χ2v) is 4.04. The average molecular weight is 227 g/mol. The third kappa shape index (κ3) is 4.16. The lowest BCUT2D eigenvalue weighted by Gasteiger charge is -2.21. The van der Waals surface area contributed by atoms with Gasteiger partial charge in [0.2, 0.25) is 0 Å². The molecule has 2 N–H and O–H groups in total. The molecule has 0 atom stereocenters. The Bertz CT molecular complexity index is 336. The van der Waals surface area contributed by atoms with Crippen molar-refractivity contribution in [3.05, 3.63) is 24.2 Å². The molecule has 0 rings (SSSR count). The highest BCUT2D eigenvalue weighted by Gasteiger charge is 2.24. The lowest BCUT2D eigenvalue weighted by molar-refractivity contribution is -0.122. The van der Waals surface area contributed by atoms with Crippen LogP contribution in [0.4, 0.5) is 0 Å². The Balaban J connectivity index is 5.29. The van der Waals surface area contributed by atoms with Crippen LogP contribution in [0, 0.1) is 0 Å². The number of likely N-dealkylation sites (N-methyl/N-ethyl adjacent to an activating group) is 1. The zero-order valence-electron chi connectivity index (χ0n) is 9.96. The van der Waals surface area contributed by atoms with Crippen LogP contribution in [-0.4, -0.2) is 29.4 Å². The van der Waals surface area contributed by atoms with E-state index in [0.29, 0.717) is 0 Å². The second-order valence-electron chi connectivity index (χ2n) is 4.04. The van der Waals surface area contributed by atoms with E-state index < -0.39 is 28.8 Å². The number of nitrogens with one attached hydrogen (secondary N) is 1. The molecule has 0 unspecified atom stereocenters. The first-order valence-electron chi connectivity index (χ1n) is 4.74. The van der Waals surface area contributed by atoms with Crippen LogP contribution < -0.4 is 5.32 Å². The molecule has 0 fully saturated rings. The van der Waals surface area contributed by atoms with Crippen LogP contribution in [0.1, 0.15) is 20.8 Å². The van der Waals surface area contributed by atoms with E-state index in [1.165, 1.54) is 7.05 Å². The van der Waals surface area contributed by atoms with Crippen molar-refractivity contribution in [2.45, 2.75) is 26.4 Å². The number of ether oxygens (including phenoxy) is 1. The summed E-state index contributed by atoms with van der Waals surface area (Å²) in [6.45, 7) is 8.30. The van der Waals surface area contributed by atoms with Gasteiger partial charge in [0.25, 0.3) is 11.9 Å². The fourth-order valence-corrected chi connectivity index (χ4v) is 0.883. The number of carbonyl (C=O) groups is 2. The Hall–Kier alpha value is -1.78. The molecule has 0 saturated heterocycles. The lowest BCUT2D eigenvalue weighted by atomic mass is 10.1. The Morgan fingerprint density at radius 1 is 1.38 bits per heavy atom. The largest absolute Gasteiger partial charge is 0.480 e. The number of rotatable bonds is 4. The van der Waals surface area contributed by atoms with Crippen molar-refractivity contribution in [3.63, 3.8) is 0 Å². The molecule has 0 radical (unpaired) electrons. The molecule has 0 aliphatic rings. The van der Waals surface area contributed by atoms with Gasteiger partial charge in [-0.3, -0.25) is 9.59 Å². The Morgan fingerprint density at radius 2 is 1.88 bits per heavy atom. The zero-order chi connectivity index (χ0) is 12.9. The molecule has 90 valence electrons. The van der Waals surface area contributed by atoms with Crippen LogP contribution in [0.3, 0.4) is 0 Å². The molecule has 0 spiro atoms. The predicted molar refractivity (Wildman–Crippen MR) is 59.8 cm³/mol. The normalized spacial score (nSPS) is 12.5. The molecule has 0 bridgehead atoms. The van der Waals surface area contributed by atoms with Crippen LogP contribution in [-0.2, 0) is 14.3 Å². The molecular weight excluding hydrogens is 210 g/mol. The molecule has 5 heteroatoms. The molecule has 0 heterocycles. The minimum Gasteiger partial charge on any atom is -0.480 e. The fourth-order valence-electron chi connectivity index (χ4n) is 0.883. The highest BCUT2D eigenvalue weighted by molar-refractivity contribution is 6.23. The van der Waals surface area contributed by atoms with Gasteiger partial charge in [0, 0.05) is 7.05 Å². The summed E-state index contributed by atoms with van der Waals surface area (Å²) in [4.78, 5) is 22.7. The van der Waals surface area contributed by atoms with Crippen molar-refractivity contribution in [1.82, 2.24) is 5.32 Å². The highest BCUT2D eigenvalue weighted by Crippen LogP contribution is 2.15. The number of aliphatic hydroxyl groups excluding tert-OH is 1. The van der Waals surface area contributed by atoms with E-state index in [-0.39, 0.29) is 0 Å². The summed E-state index contributed by atoms with van der Waals surface area (Å²) >= 11 is 0. The molecule has 0 aromatic rings. The van der Waals surface area contributed by atoms with Gasteiger partial charge in [0.05, 0.1) is 0 Å². The monoisotopic (exact) mass is 227 g/mol. The third-order valence-corrected chi connectivity index (χ3v) is 1.50. The first-order valence-corrected chi connectivity index (χ1v) is 4.74. The SMILES string of the molecule is C=CC(=O)/C(C(=O)NC)=C(\O)OC(C)(C)C. The van der Waals surface area contributed by atoms with Crippen molar-refractivity contribution >= 4 is 11.7 Å². The molecule has 5 nitrogen and oxygen atoms in total. The van der Waals surface area contributed by atoms with Gasteiger partial charge in [-0.15, -0.1) is 0 Å². The first-order chi connectivity index (χ1) is 7.22. The molecule has 0 aromatic carbocycles. The standard InChI is InChI=1S/C11H17NO4/c1-6-7(13)8(9(14)12-5)10(15)16-11(2,3)4/h6,15H,1H2,2-5H3,(H,12,14)/b10-8-. The first kappa shape index (κ1) is 14.2. The molecule has 1 amide bonds. The summed E-state index contributed by atoms with van der Waals surface area (Å²) in [7, 11) is 1.35. The van der Waals surface area contributed by atoms with E-state index in [1.807, 2.05) is 0 Å². The van der Waals surface area contributed by atoms with Gasteiger partial charge in [-0.25, -0.2) is 0 Å².